The van der Waals surface area contributed by atoms with Gasteiger partial charge in [0.25, 0.3) is 0 Å². The van der Waals surface area contributed by atoms with Crippen molar-refractivity contribution in [2.24, 2.45) is 0 Å². The van der Waals surface area contributed by atoms with E-state index in [4.69, 9.17) is 4.74 Å². The fraction of sp³-hybridized carbons (Fsp3) is 0.562. The van der Waals surface area contributed by atoms with E-state index >= 15 is 0 Å². The van der Waals surface area contributed by atoms with Crippen LogP contribution in [0.5, 0.6) is 5.75 Å². The van der Waals surface area contributed by atoms with Crippen molar-refractivity contribution in [1.29, 1.82) is 0 Å². The lowest BCUT2D eigenvalue weighted by molar-refractivity contribution is 0.0981. The summed E-state index contributed by atoms with van der Waals surface area (Å²) in [6, 6.07) is 4.05. The molecule has 0 radical (unpaired) electrons. The molecule has 0 unspecified atom stereocenters. The Hall–Kier alpha value is -1.31. The summed E-state index contributed by atoms with van der Waals surface area (Å²) in [6.07, 6.45) is 2.45. The molecule has 0 amide bonds. The third kappa shape index (κ3) is 2.43. The zero-order valence-corrected chi connectivity index (χ0v) is 11.8. The predicted molar refractivity (Wildman–Crippen MR) is 73.6 cm³/mol. The molecule has 98 valence electrons. The minimum absolute atomic E-state index is 0.0108. The van der Waals surface area contributed by atoms with Gasteiger partial charge in [0.05, 0.1) is 6.61 Å². The van der Waals surface area contributed by atoms with E-state index in [1.54, 1.807) is 0 Å². The molecule has 1 aromatic rings. The van der Waals surface area contributed by atoms with Crippen molar-refractivity contribution in [2.75, 3.05) is 6.61 Å². The lowest BCUT2D eigenvalue weighted by Crippen LogP contribution is -2.14. The Labute approximate surface area is 109 Å². The van der Waals surface area contributed by atoms with Gasteiger partial charge in [0, 0.05) is 24.0 Å². The third-order valence-corrected chi connectivity index (χ3v) is 3.39. The Morgan fingerprint density at radius 1 is 1.33 bits per heavy atom. The monoisotopic (exact) mass is 246 g/mol. The summed E-state index contributed by atoms with van der Waals surface area (Å²) in [4.78, 5) is 12.1. The highest BCUT2D eigenvalue weighted by molar-refractivity contribution is 5.96. The normalized spacial score (nSPS) is 14.2. The molecular formula is C16H22O2. The predicted octanol–water partition coefficient (Wildman–Crippen LogP) is 3.90. The van der Waals surface area contributed by atoms with Gasteiger partial charge in [-0.3, -0.25) is 4.79 Å². The Morgan fingerprint density at radius 2 is 2.06 bits per heavy atom. The second-order valence-corrected chi connectivity index (χ2v) is 6.03. The maximum atomic E-state index is 12.1. The Kier molecular flexibility index (Phi) is 3.47. The summed E-state index contributed by atoms with van der Waals surface area (Å²) < 4.78 is 5.74. The van der Waals surface area contributed by atoms with Crippen LogP contribution in [0.4, 0.5) is 0 Å². The second kappa shape index (κ2) is 4.75. The molecule has 2 nitrogen and oxygen atoms in total. The highest BCUT2D eigenvalue weighted by Gasteiger charge is 2.26. The van der Waals surface area contributed by atoms with Crippen LogP contribution >= 0.6 is 0 Å². The van der Waals surface area contributed by atoms with E-state index in [-0.39, 0.29) is 11.2 Å². The maximum Gasteiger partial charge on any atom is 0.162 e. The van der Waals surface area contributed by atoms with Crippen LogP contribution in [0.25, 0.3) is 0 Å². The van der Waals surface area contributed by atoms with Crippen molar-refractivity contribution in [2.45, 2.75) is 52.4 Å². The maximum absolute atomic E-state index is 12.1. The molecule has 18 heavy (non-hydrogen) atoms. The standard InChI is InChI=1S/C16H22O2/c1-5-6-14(17)12-9-11-7-8-18-15(11)13(10-12)16(2,3)4/h9-10H,5-8H2,1-4H3. The molecule has 0 aliphatic carbocycles. The molecule has 1 aromatic carbocycles. The molecule has 0 aromatic heterocycles. The number of hydrogen-bond acceptors (Lipinski definition) is 2. The van der Waals surface area contributed by atoms with Gasteiger partial charge in [-0.2, -0.15) is 0 Å². The van der Waals surface area contributed by atoms with E-state index in [1.807, 2.05) is 19.1 Å². The van der Waals surface area contributed by atoms with Crippen LogP contribution < -0.4 is 4.74 Å². The van der Waals surface area contributed by atoms with Gasteiger partial charge >= 0.3 is 0 Å². The SMILES string of the molecule is CCCC(=O)c1cc2c(c(C(C)(C)C)c1)OCC2. The van der Waals surface area contributed by atoms with Crippen molar-refractivity contribution in [3.8, 4) is 5.75 Å². The Bertz CT molecular complexity index is 467. The molecule has 2 rings (SSSR count). The first-order chi connectivity index (χ1) is 8.43. The molecule has 2 heteroatoms. The molecule has 0 saturated carbocycles. The smallest absolute Gasteiger partial charge is 0.162 e. The van der Waals surface area contributed by atoms with Crippen LogP contribution in [0.3, 0.4) is 0 Å². The molecular weight excluding hydrogens is 224 g/mol. The fourth-order valence-corrected chi connectivity index (χ4v) is 2.40. The molecule has 0 N–H and O–H groups in total. The van der Waals surface area contributed by atoms with Crippen LogP contribution in [0.2, 0.25) is 0 Å². The highest BCUT2D eigenvalue weighted by atomic mass is 16.5. The topological polar surface area (TPSA) is 26.3 Å². The van der Waals surface area contributed by atoms with Gasteiger partial charge in [-0.1, -0.05) is 27.7 Å². The van der Waals surface area contributed by atoms with E-state index < -0.39 is 0 Å². The van der Waals surface area contributed by atoms with Gasteiger partial charge < -0.3 is 4.74 Å². The van der Waals surface area contributed by atoms with E-state index in [0.29, 0.717) is 6.42 Å². The first kappa shape index (κ1) is 13.1. The summed E-state index contributed by atoms with van der Waals surface area (Å²) in [6.45, 7) is 9.28. The first-order valence-electron chi connectivity index (χ1n) is 6.77. The van der Waals surface area contributed by atoms with E-state index in [9.17, 15) is 4.79 Å². The van der Waals surface area contributed by atoms with Crippen molar-refractivity contribution >= 4 is 5.78 Å². The third-order valence-electron chi connectivity index (χ3n) is 3.39. The number of rotatable bonds is 3. The summed E-state index contributed by atoms with van der Waals surface area (Å²) >= 11 is 0. The van der Waals surface area contributed by atoms with Crippen LogP contribution in [-0.4, -0.2) is 12.4 Å². The molecule has 1 aliphatic rings. The molecule has 0 bridgehead atoms. The summed E-state index contributed by atoms with van der Waals surface area (Å²) in [5, 5.41) is 0. The van der Waals surface area contributed by atoms with Crippen molar-refractivity contribution < 1.29 is 9.53 Å². The Morgan fingerprint density at radius 3 is 2.67 bits per heavy atom. The van der Waals surface area contributed by atoms with Gasteiger partial charge in [-0.25, -0.2) is 0 Å². The first-order valence-corrected chi connectivity index (χ1v) is 6.77. The van der Waals surface area contributed by atoms with E-state index in [2.05, 4.69) is 20.8 Å². The largest absolute Gasteiger partial charge is 0.493 e. The second-order valence-electron chi connectivity index (χ2n) is 6.03. The van der Waals surface area contributed by atoms with Gasteiger partial charge in [-0.15, -0.1) is 0 Å². The summed E-state index contributed by atoms with van der Waals surface area (Å²) in [5.74, 6) is 1.26. The van der Waals surface area contributed by atoms with Crippen molar-refractivity contribution in [1.82, 2.24) is 0 Å². The number of benzene rings is 1. The number of ketones is 1. The highest BCUT2D eigenvalue weighted by Crippen LogP contribution is 2.38. The van der Waals surface area contributed by atoms with Gasteiger partial charge in [0.15, 0.2) is 5.78 Å². The van der Waals surface area contributed by atoms with Crippen LogP contribution in [0.15, 0.2) is 12.1 Å². The minimum atomic E-state index is 0.0108. The molecule has 1 aliphatic heterocycles. The lowest BCUT2D eigenvalue weighted by atomic mass is 9.83. The summed E-state index contributed by atoms with van der Waals surface area (Å²) in [7, 11) is 0. The number of hydrogen-bond donors (Lipinski definition) is 0. The quantitative estimate of drug-likeness (QED) is 0.756. The summed E-state index contributed by atoms with van der Waals surface area (Å²) in [5.41, 5.74) is 3.22. The Balaban J connectivity index is 2.49. The number of carbonyl (C=O) groups excluding carboxylic acids is 1. The number of Topliss-reactive ketones (excluding diaryl/α,β-unsaturated/α-hetero) is 1. The zero-order chi connectivity index (χ0) is 13.3. The zero-order valence-electron chi connectivity index (χ0n) is 11.8. The molecule has 0 spiro atoms. The molecule has 0 fully saturated rings. The average molecular weight is 246 g/mol. The van der Waals surface area contributed by atoms with Crippen LogP contribution in [0, 0.1) is 0 Å². The molecule has 0 saturated heterocycles. The van der Waals surface area contributed by atoms with Gasteiger partial charge in [0.2, 0.25) is 0 Å². The van der Waals surface area contributed by atoms with Crippen molar-refractivity contribution in [3.05, 3.63) is 28.8 Å². The fourth-order valence-electron chi connectivity index (χ4n) is 2.40. The van der Waals surface area contributed by atoms with Crippen LogP contribution in [-0.2, 0) is 11.8 Å². The molecule has 1 heterocycles. The molecule has 0 atom stereocenters. The van der Waals surface area contributed by atoms with E-state index in [0.717, 1.165) is 36.3 Å². The average Bonchev–Trinajstić information content (AvgIpc) is 2.74. The number of carbonyl (C=O) groups is 1. The van der Waals surface area contributed by atoms with E-state index in [1.165, 1.54) is 5.56 Å². The van der Waals surface area contributed by atoms with Crippen molar-refractivity contribution in [3.63, 3.8) is 0 Å². The number of ether oxygens (including phenoxy) is 1. The minimum Gasteiger partial charge on any atom is -0.493 e. The van der Waals surface area contributed by atoms with Gasteiger partial charge in [0.1, 0.15) is 5.75 Å². The van der Waals surface area contributed by atoms with Crippen LogP contribution in [0.1, 0.15) is 62.0 Å². The lowest BCUT2D eigenvalue weighted by Gasteiger charge is -2.22. The van der Waals surface area contributed by atoms with Gasteiger partial charge in [-0.05, 0) is 29.5 Å². The number of fused-ring (bicyclic) bond motifs is 1.